The number of imide groups is 1. The number of anilines is 3. The Balaban J connectivity index is 1.28. The van der Waals surface area contributed by atoms with Crippen LogP contribution in [0.5, 0.6) is 0 Å². The number of rotatable bonds is 11. The van der Waals surface area contributed by atoms with Crippen molar-refractivity contribution >= 4 is 53.0 Å². The number of pyridine rings is 1. The van der Waals surface area contributed by atoms with Gasteiger partial charge < -0.3 is 35.7 Å². The minimum atomic E-state index is -1.14. The van der Waals surface area contributed by atoms with Crippen LogP contribution in [0.4, 0.5) is 17.2 Å². The van der Waals surface area contributed by atoms with Gasteiger partial charge in [-0.2, -0.15) is 0 Å². The minimum absolute atomic E-state index is 0.0320. The lowest BCUT2D eigenvalue weighted by Crippen LogP contribution is -2.50. The standard InChI is InChI=1S/C27H31N7O7/c1-29-22(36)8-6-18(14-35)34-26(39)19-3-2-4-20(25(19)27(34)40)31-23(37)15-41-16-24(38)33-11-9-32(10-12-33)17-5-7-21(28)30-13-17/h2-5,7,13-14,18H,6,8-12,15-16H2,1H3,(H2,28,30)(H,29,36)(H,31,37). The Kier molecular flexibility index (Phi) is 9.24. The van der Waals surface area contributed by atoms with Crippen LogP contribution >= 0.6 is 0 Å². The van der Waals surface area contributed by atoms with Crippen LogP contribution < -0.4 is 21.3 Å². The van der Waals surface area contributed by atoms with Gasteiger partial charge in [-0.25, -0.2) is 4.98 Å². The number of carbonyl (C=O) groups is 6. The average Bonchev–Trinajstić information content (AvgIpc) is 3.24. The van der Waals surface area contributed by atoms with Crippen molar-refractivity contribution in [1.82, 2.24) is 20.1 Å². The number of ether oxygens (including phenoxy) is 1. The van der Waals surface area contributed by atoms with Gasteiger partial charge in [0.25, 0.3) is 11.8 Å². The van der Waals surface area contributed by atoms with Crippen molar-refractivity contribution in [3.63, 3.8) is 0 Å². The summed E-state index contributed by atoms with van der Waals surface area (Å²) >= 11 is 0. The summed E-state index contributed by atoms with van der Waals surface area (Å²) in [6.07, 6.45) is 2.04. The summed E-state index contributed by atoms with van der Waals surface area (Å²) in [7, 11) is 1.44. The van der Waals surface area contributed by atoms with Crippen LogP contribution in [0.3, 0.4) is 0 Å². The molecule has 5 amide bonds. The van der Waals surface area contributed by atoms with Crippen LogP contribution in [-0.4, -0.2) is 103 Å². The molecule has 41 heavy (non-hydrogen) atoms. The maximum atomic E-state index is 13.1. The highest BCUT2D eigenvalue weighted by molar-refractivity contribution is 6.25. The third-order valence-electron chi connectivity index (χ3n) is 6.88. The predicted molar refractivity (Wildman–Crippen MR) is 147 cm³/mol. The molecule has 216 valence electrons. The zero-order chi connectivity index (χ0) is 29.5. The molecule has 2 aromatic rings. The zero-order valence-electron chi connectivity index (χ0n) is 22.5. The van der Waals surface area contributed by atoms with Crippen LogP contribution in [0, 0.1) is 0 Å². The van der Waals surface area contributed by atoms with Gasteiger partial charge in [-0.1, -0.05) is 6.07 Å². The molecule has 1 fully saturated rings. The number of benzene rings is 1. The second-order valence-electron chi connectivity index (χ2n) is 9.47. The number of nitrogen functional groups attached to an aromatic ring is 1. The molecule has 4 rings (SSSR count). The lowest BCUT2D eigenvalue weighted by Gasteiger charge is -2.35. The molecule has 1 aromatic carbocycles. The van der Waals surface area contributed by atoms with E-state index in [9.17, 15) is 28.8 Å². The molecule has 2 aliphatic heterocycles. The number of fused-ring (bicyclic) bond motifs is 1. The van der Waals surface area contributed by atoms with Crippen molar-refractivity contribution in [2.75, 3.05) is 62.4 Å². The summed E-state index contributed by atoms with van der Waals surface area (Å²) in [6, 6.07) is 6.82. The second kappa shape index (κ2) is 13.0. The minimum Gasteiger partial charge on any atom is -0.384 e. The Bertz CT molecular complexity index is 1340. The van der Waals surface area contributed by atoms with Crippen LogP contribution in [0.1, 0.15) is 33.6 Å². The highest BCUT2D eigenvalue weighted by atomic mass is 16.5. The molecule has 4 N–H and O–H groups in total. The Morgan fingerprint density at radius 1 is 1.05 bits per heavy atom. The number of aromatic nitrogens is 1. The van der Waals surface area contributed by atoms with Gasteiger partial charge in [-0.3, -0.25) is 28.9 Å². The van der Waals surface area contributed by atoms with Gasteiger partial charge in [0.2, 0.25) is 17.7 Å². The number of amides is 5. The molecule has 0 radical (unpaired) electrons. The fourth-order valence-corrected chi connectivity index (χ4v) is 4.68. The molecule has 0 aliphatic carbocycles. The lowest BCUT2D eigenvalue weighted by molar-refractivity contribution is -0.137. The first-order valence-corrected chi connectivity index (χ1v) is 13.0. The van der Waals surface area contributed by atoms with Gasteiger partial charge in [0.1, 0.15) is 25.3 Å². The SMILES string of the molecule is CNC(=O)CCC(C=O)N1C(=O)c2cccc(NC(=O)COCC(=O)N3CCN(c4ccc(N)nc4)CC3)c2C1=O. The summed E-state index contributed by atoms with van der Waals surface area (Å²) in [5.74, 6) is -2.23. The summed E-state index contributed by atoms with van der Waals surface area (Å²) in [5, 5.41) is 4.97. The zero-order valence-corrected chi connectivity index (χ0v) is 22.5. The highest BCUT2D eigenvalue weighted by Gasteiger charge is 2.41. The van der Waals surface area contributed by atoms with Crippen molar-refractivity contribution in [3.05, 3.63) is 47.7 Å². The molecule has 1 aromatic heterocycles. The quantitative estimate of drug-likeness (QED) is 0.240. The van der Waals surface area contributed by atoms with Crippen LogP contribution in [0.25, 0.3) is 0 Å². The van der Waals surface area contributed by atoms with E-state index in [1.54, 1.807) is 17.2 Å². The second-order valence-corrected chi connectivity index (χ2v) is 9.47. The number of nitrogens with two attached hydrogens (primary N) is 1. The number of nitrogens with zero attached hydrogens (tertiary/aromatic N) is 4. The highest BCUT2D eigenvalue weighted by Crippen LogP contribution is 2.31. The van der Waals surface area contributed by atoms with E-state index in [-0.39, 0.29) is 48.1 Å². The molecule has 0 spiro atoms. The smallest absolute Gasteiger partial charge is 0.264 e. The molecule has 1 saturated heterocycles. The fraction of sp³-hybridized carbons (Fsp3) is 0.370. The van der Waals surface area contributed by atoms with Gasteiger partial charge in [-0.15, -0.1) is 0 Å². The number of carbonyl (C=O) groups excluding carboxylic acids is 6. The van der Waals surface area contributed by atoms with Gasteiger partial charge in [0, 0.05) is 39.6 Å². The van der Waals surface area contributed by atoms with Crippen LogP contribution in [0.2, 0.25) is 0 Å². The van der Waals surface area contributed by atoms with E-state index < -0.39 is 30.4 Å². The van der Waals surface area contributed by atoms with E-state index in [1.807, 2.05) is 6.07 Å². The normalized spacial score (nSPS) is 15.4. The van der Waals surface area contributed by atoms with E-state index in [2.05, 4.69) is 20.5 Å². The molecule has 3 heterocycles. The number of aldehydes is 1. The Hall–Kier alpha value is -4.85. The monoisotopic (exact) mass is 565 g/mol. The average molecular weight is 566 g/mol. The van der Waals surface area contributed by atoms with E-state index >= 15 is 0 Å². The van der Waals surface area contributed by atoms with E-state index in [0.29, 0.717) is 38.3 Å². The first-order valence-electron chi connectivity index (χ1n) is 13.0. The van der Waals surface area contributed by atoms with Gasteiger partial charge >= 0.3 is 0 Å². The van der Waals surface area contributed by atoms with Gasteiger partial charge in [0.15, 0.2) is 0 Å². The van der Waals surface area contributed by atoms with E-state index in [0.717, 1.165) is 10.6 Å². The van der Waals surface area contributed by atoms with Crippen LogP contribution in [0.15, 0.2) is 36.5 Å². The molecule has 2 aliphatic rings. The summed E-state index contributed by atoms with van der Waals surface area (Å²) < 4.78 is 5.33. The maximum Gasteiger partial charge on any atom is 0.264 e. The van der Waals surface area contributed by atoms with Crippen molar-refractivity contribution in [2.24, 2.45) is 0 Å². The first kappa shape index (κ1) is 29.1. The Labute approximate surface area is 235 Å². The molecule has 0 bridgehead atoms. The van der Waals surface area contributed by atoms with Crippen molar-refractivity contribution < 1.29 is 33.5 Å². The summed E-state index contributed by atoms with van der Waals surface area (Å²) in [6.45, 7) is 1.41. The van der Waals surface area contributed by atoms with Gasteiger partial charge in [0.05, 0.1) is 34.7 Å². The molecule has 14 nitrogen and oxygen atoms in total. The molecule has 14 heteroatoms. The fourth-order valence-electron chi connectivity index (χ4n) is 4.68. The number of piperazine rings is 1. The third-order valence-corrected chi connectivity index (χ3v) is 6.88. The maximum absolute atomic E-state index is 13.1. The number of hydrogen-bond donors (Lipinski definition) is 3. The largest absolute Gasteiger partial charge is 0.384 e. The molecule has 1 unspecified atom stereocenters. The predicted octanol–water partition coefficient (Wildman–Crippen LogP) is -0.343. The summed E-state index contributed by atoms with van der Waals surface area (Å²) in [5.41, 5.74) is 6.60. The molecule has 1 atom stereocenters. The van der Waals surface area contributed by atoms with Crippen LogP contribution in [-0.2, 0) is 23.9 Å². The number of hydrogen-bond acceptors (Lipinski definition) is 10. The van der Waals surface area contributed by atoms with E-state index in [1.165, 1.54) is 25.2 Å². The van der Waals surface area contributed by atoms with Gasteiger partial charge in [-0.05, 0) is 30.7 Å². The Morgan fingerprint density at radius 2 is 1.80 bits per heavy atom. The molecular formula is C27H31N7O7. The van der Waals surface area contributed by atoms with Crippen molar-refractivity contribution in [2.45, 2.75) is 18.9 Å². The lowest BCUT2D eigenvalue weighted by atomic mass is 10.1. The Morgan fingerprint density at radius 3 is 2.46 bits per heavy atom. The molecule has 0 saturated carbocycles. The third kappa shape index (κ3) is 6.66. The van der Waals surface area contributed by atoms with Crippen molar-refractivity contribution in [3.8, 4) is 0 Å². The summed E-state index contributed by atoms with van der Waals surface area (Å²) in [4.78, 5) is 83.1. The van der Waals surface area contributed by atoms with E-state index in [4.69, 9.17) is 10.5 Å². The molecular weight excluding hydrogens is 534 g/mol. The van der Waals surface area contributed by atoms with Crippen molar-refractivity contribution in [1.29, 1.82) is 0 Å². The first-order chi connectivity index (χ1) is 19.7. The topological polar surface area (TPSA) is 184 Å². The number of nitrogens with one attached hydrogen (secondary N) is 2.